The molecule has 2 aromatic carbocycles. The molecule has 1 atom stereocenters. The molecule has 0 saturated carbocycles. The van der Waals surface area contributed by atoms with E-state index in [0.717, 1.165) is 11.1 Å². The molecule has 0 amide bonds. The average molecular weight is 455 g/mol. The molecular formula is C26H22N4O2S. The number of aryl methyl sites for hydroxylation is 1. The molecule has 1 unspecified atom stereocenters. The van der Waals surface area contributed by atoms with Crippen LogP contribution < -0.4 is 11.1 Å². The van der Waals surface area contributed by atoms with Gasteiger partial charge in [-0.15, -0.1) is 0 Å². The van der Waals surface area contributed by atoms with Gasteiger partial charge in [-0.25, -0.2) is 9.97 Å². The number of aromatic nitrogens is 4. The first-order chi connectivity index (χ1) is 16.0. The summed E-state index contributed by atoms with van der Waals surface area (Å²) in [6, 6.07) is 22.4. The largest absolute Gasteiger partial charge is 0.280 e. The van der Waals surface area contributed by atoms with Gasteiger partial charge in [0.05, 0.1) is 22.6 Å². The third-order valence-electron chi connectivity index (χ3n) is 5.73. The third kappa shape index (κ3) is 3.96. The Labute approximate surface area is 194 Å². The summed E-state index contributed by atoms with van der Waals surface area (Å²) in [5, 5.41) is 1.18. The van der Waals surface area contributed by atoms with E-state index in [0.29, 0.717) is 33.2 Å². The maximum atomic E-state index is 13.5. The van der Waals surface area contributed by atoms with E-state index in [1.165, 1.54) is 11.8 Å². The van der Waals surface area contributed by atoms with Crippen molar-refractivity contribution in [1.29, 1.82) is 0 Å². The lowest BCUT2D eigenvalue weighted by Crippen LogP contribution is -2.27. The Kier molecular flexibility index (Phi) is 5.56. The topological polar surface area (TPSA) is 69.3 Å². The molecule has 7 heteroatoms. The molecule has 0 spiro atoms. The van der Waals surface area contributed by atoms with E-state index in [1.54, 1.807) is 21.2 Å². The summed E-state index contributed by atoms with van der Waals surface area (Å²) >= 11 is 1.42. The minimum absolute atomic E-state index is 0.0816. The van der Waals surface area contributed by atoms with Gasteiger partial charge in [-0.05, 0) is 43.2 Å². The number of hydrogen-bond acceptors (Lipinski definition) is 5. The fraction of sp³-hybridized carbons (Fsp3) is 0.154. The van der Waals surface area contributed by atoms with Crippen molar-refractivity contribution in [1.82, 2.24) is 18.9 Å². The second kappa shape index (κ2) is 8.67. The summed E-state index contributed by atoms with van der Waals surface area (Å²) in [5.74, 6) is 0.423. The highest BCUT2D eigenvalue weighted by atomic mass is 32.2. The van der Waals surface area contributed by atoms with Crippen LogP contribution in [0, 0.1) is 6.92 Å². The van der Waals surface area contributed by atoms with Crippen molar-refractivity contribution < 1.29 is 0 Å². The van der Waals surface area contributed by atoms with E-state index in [-0.39, 0.29) is 17.2 Å². The SMILES string of the molecule is Cc1cccn2c(=O)cc(CSc3nc4ccccc4c(=O)n3C(C)c3ccccc3)nc12. The second-order valence-corrected chi connectivity index (χ2v) is 8.88. The molecule has 5 aromatic rings. The van der Waals surface area contributed by atoms with Crippen LogP contribution in [0.4, 0.5) is 0 Å². The first-order valence-electron chi connectivity index (χ1n) is 10.7. The molecule has 0 aliphatic carbocycles. The lowest BCUT2D eigenvalue weighted by Gasteiger charge is -2.20. The summed E-state index contributed by atoms with van der Waals surface area (Å²) in [5.41, 5.74) is 3.70. The Morgan fingerprint density at radius 1 is 0.939 bits per heavy atom. The Balaban J connectivity index is 1.59. The van der Waals surface area contributed by atoms with Gasteiger partial charge in [0.25, 0.3) is 11.1 Å². The van der Waals surface area contributed by atoms with Crippen molar-refractivity contribution in [3.63, 3.8) is 0 Å². The molecule has 0 aliphatic rings. The lowest BCUT2D eigenvalue weighted by atomic mass is 10.1. The Morgan fingerprint density at radius 3 is 2.52 bits per heavy atom. The molecule has 0 aliphatic heterocycles. The van der Waals surface area contributed by atoms with E-state index in [2.05, 4.69) is 0 Å². The van der Waals surface area contributed by atoms with Crippen LogP contribution >= 0.6 is 11.8 Å². The number of benzene rings is 2. The summed E-state index contributed by atoms with van der Waals surface area (Å²) in [7, 11) is 0. The minimum Gasteiger partial charge on any atom is -0.280 e. The van der Waals surface area contributed by atoms with Crippen LogP contribution in [0.5, 0.6) is 0 Å². The number of para-hydroxylation sites is 1. The van der Waals surface area contributed by atoms with Crippen LogP contribution in [-0.2, 0) is 5.75 Å². The van der Waals surface area contributed by atoms with Crippen LogP contribution in [-0.4, -0.2) is 18.9 Å². The fourth-order valence-corrected chi connectivity index (χ4v) is 4.94. The molecular weight excluding hydrogens is 432 g/mol. The van der Waals surface area contributed by atoms with Crippen molar-refractivity contribution in [2.75, 3.05) is 0 Å². The predicted molar refractivity (Wildman–Crippen MR) is 132 cm³/mol. The lowest BCUT2D eigenvalue weighted by molar-refractivity contribution is 0.548. The number of fused-ring (bicyclic) bond motifs is 2. The Bertz CT molecular complexity index is 1590. The highest BCUT2D eigenvalue weighted by Crippen LogP contribution is 2.26. The standard InChI is InChI=1S/C26H22N4O2S/c1-17-9-8-14-29-23(31)15-20(27-24(17)29)16-33-26-28-22-13-7-6-12-21(22)25(32)30(26)18(2)19-10-4-3-5-11-19/h3-15,18H,16H2,1-2H3. The first-order valence-corrected chi connectivity index (χ1v) is 11.7. The van der Waals surface area contributed by atoms with Crippen molar-refractivity contribution in [3.8, 4) is 0 Å². The number of hydrogen-bond donors (Lipinski definition) is 0. The summed E-state index contributed by atoms with van der Waals surface area (Å²) in [6.45, 7) is 3.93. The number of nitrogens with zero attached hydrogens (tertiary/aromatic N) is 4. The van der Waals surface area contributed by atoms with Gasteiger partial charge in [-0.1, -0.05) is 60.3 Å². The molecule has 0 radical (unpaired) electrons. The zero-order valence-corrected chi connectivity index (χ0v) is 19.1. The van der Waals surface area contributed by atoms with Gasteiger partial charge in [0.1, 0.15) is 5.65 Å². The number of rotatable bonds is 5. The third-order valence-corrected chi connectivity index (χ3v) is 6.72. The van der Waals surface area contributed by atoms with Gasteiger partial charge < -0.3 is 0 Å². The van der Waals surface area contributed by atoms with E-state index in [9.17, 15) is 9.59 Å². The summed E-state index contributed by atoms with van der Waals surface area (Å²) in [4.78, 5) is 35.6. The van der Waals surface area contributed by atoms with Gasteiger partial charge in [0.15, 0.2) is 5.16 Å². The molecule has 164 valence electrons. The maximum Gasteiger partial charge on any atom is 0.262 e. The Morgan fingerprint density at radius 2 is 1.70 bits per heavy atom. The van der Waals surface area contributed by atoms with Gasteiger partial charge in [0.2, 0.25) is 0 Å². The molecule has 3 aromatic heterocycles. The van der Waals surface area contributed by atoms with E-state index >= 15 is 0 Å². The van der Waals surface area contributed by atoms with Gasteiger partial charge in [0, 0.05) is 18.0 Å². The van der Waals surface area contributed by atoms with Crippen LogP contribution in [0.2, 0.25) is 0 Å². The van der Waals surface area contributed by atoms with Gasteiger partial charge in [-0.2, -0.15) is 0 Å². The minimum atomic E-state index is -0.198. The van der Waals surface area contributed by atoms with Crippen molar-refractivity contribution in [2.45, 2.75) is 30.8 Å². The zero-order chi connectivity index (χ0) is 22.9. The molecule has 3 heterocycles. The zero-order valence-electron chi connectivity index (χ0n) is 18.3. The van der Waals surface area contributed by atoms with E-state index in [4.69, 9.17) is 9.97 Å². The normalized spacial score (nSPS) is 12.3. The fourth-order valence-electron chi connectivity index (χ4n) is 3.97. The predicted octanol–water partition coefficient (Wildman–Crippen LogP) is 4.61. The van der Waals surface area contributed by atoms with Crippen molar-refractivity contribution in [2.24, 2.45) is 0 Å². The highest BCUT2D eigenvalue weighted by molar-refractivity contribution is 7.98. The smallest absolute Gasteiger partial charge is 0.262 e. The van der Waals surface area contributed by atoms with Crippen LogP contribution in [0.15, 0.2) is 93.7 Å². The first kappa shape index (κ1) is 21.2. The summed E-state index contributed by atoms with van der Waals surface area (Å²) < 4.78 is 3.28. The molecule has 6 nitrogen and oxygen atoms in total. The van der Waals surface area contributed by atoms with Gasteiger partial charge >= 0.3 is 0 Å². The van der Waals surface area contributed by atoms with E-state index in [1.807, 2.05) is 80.6 Å². The molecule has 5 rings (SSSR count). The quantitative estimate of drug-likeness (QED) is 0.286. The van der Waals surface area contributed by atoms with Crippen LogP contribution in [0.1, 0.15) is 29.8 Å². The Hall–Kier alpha value is -3.71. The average Bonchev–Trinajstić information content (AvgIpc) is 2.84. The number of pyridine rings is 1. The molecule has 0 fully saturated rings. The molecule has 0 N–H and O–H groups in total. The monoisotopic (exact) mass is 454 g/mol. The molecule has 0 saturated heterocycles. The molecule has 33 heavy (non-hydrogen) atoms. The second-order valence-electron chi connectivity index (χ2n) is 7.93. The number of thioether (sulfide) groups is 1. The highest BCUT2D eigenvalue weighted by Gasteiger charge is 2.18. The van der Waals surface area contributed by atoms with Crippen LogP contribution in [0.25, 0.3) is 16.6 Å². The molecule has 0 bridgehead atoms. The van der Waals surface area contributed by atoms with Crippen LogP contribution in [0.3, 0.4) is 0 Å². The van der Waals surface area contributed by atoms with Crippen molar-refractivity contribution in [3.05, 3.63) is 117 Å². The summed E-state index contributed by atoms with van der Waals surface area (Å²) in [6.07, 6.45) is 1.72. The van der Waals surface area contributed by atoms with Crippen molar-refractivity contribution >= 4 is 28.3 Å². The van der Waals surface area contributed by atoms with Gasteiger partial charge in [-0.3, -0.25) is 18.6 Å². The maximum absolute atomic E-state index is 13.5. The van der Waals surface area contributed by atoms with E-state index < -0.39 is 0 Å².